The van der Waals surface area contributed by atoms with Crippen LogP contribution in [0.3, 0.4) is 0 Å². The van der Waals surface area contributed by atoms with Gasteiger partial charge in [0.15, 0.2) is 6.61 Å². The molecule has 2 rings (SSSR count). The predicted octanol–water partition coefficient (Wildman–Crippen LogP) is 2.60. The number of aryl methyl sites for hydroxylation is 1. The number of anilines is 2. The molecule has 0 spiro atoms. The third-order valence-electron chi connectivity index (χ3n) is 2.93. The molecule has 0 saturated heterocycles. The minimum Gasteiger partial charge on any atom is -0.496 e. The van der Waals surface area contributed by atoms with Gasteiger partial charge in [0.25, 0.3) is 5.91 Å². The summed E-state index contributed by atoms with van der Waals surface area (Å²) in [5.74, 6) is 1.16. The first-order valence-electron chi connectivity index (χ1n) is 6.51. The van der Waals surface area contributed by atoms with Crippen molar-refractivity contribution < 1.29 is 14.3 Å². The van der Waals surface area contributed by atoms with E-state index in [-0.39, 0.29) is 12.5 Å². The highest BCUT2D eigenvalue weighted by Crippen LogP contribution is 2.21. The minimum absolute atomic E-state index is 0.0605. The maximum atomic E-state index is 11.8. The summed E-state index contributed by atoms with van der Waals surface area (Å²) in [6.07, 6.45) is 0. The van der Waals surface area contributed by atoms with Crippen LogP contribution < -0.4 is 20.5 Å². The molecule has 0 aliphatic rings. The van der Waals surface area contributed by atoms with Gasteiger partial charge in [0.1, 0.15) is 11.5 Å². The van der Waals surface area contributed by atoms with Crippen molar-refractivity contribution in [3.63, 3.8) is 0 Å². The number of amides is 1. The van der Waals surface area contributed by atoms with Gasteiger partial charge in [-0.2, -0.15) is 0 Å². The van der Waals surface area contributed by atoms with Crippen LogP contribution >= 0.6 is 0 Å². The molecule has 0 aliphatic carbocycles. The molecule has 0 radical (unpaired) electrons. The number of benzene rings is 2. The highest BCUT2D eigenvalue weighted by atomic mass is 16.5. The Morgan fingerprint density at radius 2 is 1.90 bits per heavy atom. The minimum atomic E-state index is -0.226. The van der Waals surface area contributed by atoms with E-state index in [2.05, 4.69) is 5.32 Å². The van der Waals surface area contributed by atoms with Crippen LogP contribution in [0.2, 0.25) is 0 Å². The molecule has 21 heavy (non-hydrogen) atoms. The molecule has 2 aromatic rings. The lowest BCUT2D eigenvalue weighted by Crippen LogP contribution is -2.20. The van der Waals surface area contributed by atoms with E-state index in [1.807, 2.05) is 19.1 Å². The average molecular weight is 286 g/mol. The number of hydrogen-bond donors (Lipinski definition) is 2. The monoisotopic (exact) mass is 286 g/mol. The number of methoxy groups -OCH3 is 1. The lowest BCUT2D eigenvalue weighted by molar-refractivity contribution is -0.118. The van der Waals surface area contributed by atoms with E-state index in [0.29, 0.717) is 17.1 Å². The van der Waals surface area contributed by atoms with E-state index in [0.717, 1.165) is 11.3 Å². The van der Waals surface area contributed by atoms with Gasteiger partial charge in [0.05, 0.1) is 7.11 Å². The number of nitrogen functional groups attached to an aromatic ring is 1. The van der Waals surface area contributed by atoms with Gasteiger partial charge >= 0.3 is 0 Å². The van der Waals surface area contributed by atoms with Gasteiger partial charge in [0, 0.05) is 11.4 Å². The van der Waals surface area contributed by atoms with E-state index in [1.54, 1.807) is 37.4 Å². The third-order valence-corrected chi connectivity index (χ3v) is 2.93. The summed E-state index contributed by atoms with van der Waals surface area (Å²) in [7, 11) is 1.61. The first-order chi connectivity index (χ1) is 10.1. The van der Waals surface area contributed by atoms with E-state index < -0.39 is 0 Å². The lowest BCUT2D eigenvalue weighted by atomic mass is 10.2. The Morgan fingerprint density at radius 1 is 1.19 bits per heavy atom. The summed E-state index contributed by atoms with van der Waals surface area (Å²) in [4.78, 5) is 11.8. The normalized spacial score (nSPS) is 10.0. The van der Waals surface area contributed by atoms with Crippen molar-refractivity contribution in [2.24, 2.45) is 0 Å². The second-order valence-corrected chi connectivity index (χ2v) is 4.59. The van der Waals surface area contributed by atoms with Gasteiger partial charge < -0.3 is 20.5 Å². The summed E-state index contributed by atoms with van der Waals surface area (Å²) in [5.41, 5.74) is 7.89. The quantitative estimate of drug-likeness (QED) is 0.829. The Hall–Kier alpha value is -2.69. The van der Waals surface area contributed by atoms with Gasteiger partial charge in [-0.1, -0.05) is 0 Å². The molecule has 1 amide bonds. The van der Waals surface area contributed by atoms with E-state index in [4.69, 9.17) is 15.2 Å². The Balaban J connectivity index is 1.89. The zero-order chi connectivity index (χ0) is 15.2. The highest BCUT2D eigenvalue weighted by Gasteiger charge is 2.05. The van der Waals surface area contributed by atoms with Crippen LogP contribution in [0.4, 0.5) is 11.4 Å². The van der Waals surface area contributed by atoms with Crippen LogP contribution in [0.15, 0.2) is 42.5 Å². The second kappa shape index (κ2) is 6.65. The topological polar surface area (TPSA) is 73.6 Å². The van der Waals surface area contributed by atoms with Crippen molar-refractivity contribution in [3.8, 4) is 11.5 Å². The first-order valence-corrected chi connectivity index (χ1v) is 6.51. The zero-order valence-electron chi connectivity index (χ0n) is 12.1. The molecule has 2 aromatic carbocycles. The number of nitrogens with one attached hydrogen (secondary N) is 1. The first kappa shape index (κ1) is 14.7. The molecule has 0 aromatic heterocycles. The van der Waals surface area contributed by atoms with Crippen molar-refractivity contribution in [1.29, 1.82) is 0 Å². The molecule has 110 valence electrons. The molecule has 3 N–H and O–H groups in total. The van der Waals surface area contributed by atoms with Crippen molar-refractivity contribution in [1.82, 2.24) is 0 Å². The smallest absolute Gasteiger partial charge is 0.262 e. The summed E-state index contributed by atoms with van der Waals surface area (Å²) >= 11 is 0. The maximum Gasteiger partial charge on any atom is 0.262 e. The van der Waals surface area contributed by atoms with Crippen LogP contribution in [0.5, 0.6) is 11.5 Å². The molecule has 0 heterocycles. The molecule has 0 saturated carbocycles. The molecule has 0 bridgehead atoms. The van der Waals surface area contributed by atoms with Gasteiger partial charge in [-0.25, -0.2) is 0 Å². The second-order valence-electron chi connectivity index (χ2n) is 4.59. The zero-order valence-corrected chi connectivity index (χ0v) is 12.1. The summed E-state index contributed by atoms with van der Waals surface area (Å²) < 4.78 is 10.6. The fourth-order valence-corrected chi connectivity index (χ4v) is 1.87. The summed E-state index contributed by atoms with van der Waals surface area (Å²) in [5, 5.41) is 2.77. The Labute approximate surface area is 123 Å². The van der Waals surface area contributed by atoms with E-state index in [1.165, 1.54) is 0 Å². The Bertz CT molecular complexity index is 624. The van der Waals surface area contributed by atoms with Gasteiger partial charge in [-0.15, -0.1) is 0 Å². The SMILES string of the molecule is COc1ccc(NC(=O)COc2ccc(N)cc2)cc1C. The molecule has 5 nitrogen and oxygen atoms in total. The summed E-state index contributed by atoms with van der Waals surface area (Å²) in [6.45, 7) is 1.86. The van der Waals surface area contributed by atoms with Crippen molar-refractivity contribution in [2.75, 3.05) is 24.8 Å². The van der Waals surface area contributed by atoms with Crippen LogP contribution in [0.1, 0.15) is 5.56 Å². The van der Waals surface area contributed by atoms with Crippen molar-refractivity contribution in [2.45, 2.75) is 6.92 Å². The third kappa shape index (κ3) is 4.14. The predicted molar refractivity (Wildman–Crippen MR) is 82.7 cm³/mol. The standard InChI is InChI=1S/C16H18N2O3/c1-11-9-13(5-8-15(11)20-2)18-16(19)10-21-14-6-3-12(17)4-7-14/h3-9H,10,17H2,1-2H3,(H,18,19). The van der Waals surface area contributed by atoms with Crippen LogP contribution in [-0.2, 0) is 4.79 Å². The molecular weight excluding hydrogens is 268 g/mol. The van der Waals surface area contributed by atoms with E-state index in [9.17, 15) is 4.79 Å². The molecule has 0 fully saturated rings. The Kier molecular flexibility index (Phi) is 4.66. The number of carbonyl (C=O) groups is 1. The van der Waals surface area contributed by atoms with Crippen molar-refractivity contribution >= 4 is 17.3 Å². The summed E-state index contributed by atoms with van der Waals surface area (Å²) in [6, 6.07) is 12.3. The molecular formula is C16H18N2O3. The highest BCUT2D eigenvalue weighted by molar-refractivity contribution is 5.92. The maximum absolute atomic E-state index is 11.8. The number of carbonyl (C=O) groups excluding carboxylic acids is 1. The molecule has 5 heteroatoms. The van der Waals surface area contributed by atoms with Crippen LogP contribution in [0, 0.1) is 6.92 Å². The molecule has 0 aliphatic heterocycles. The number of ether oxygens (including phenoxy) is 2. The number of rotatable bonds is 5. The van der Waals surface area contributed by atoms with E-state index >= 15 is 0 Å². The van der Waals surface area contributed by atoms with Gasteiger partial charge in [-0.3, -0.25) is 4.79 Å². The molecule has 0 unspecified atom stereocenters. The average Bonchev–Trinajstić information content (AvgIpc) is 2.47. The largest absolute Gasteiger partial charge is 0.496 e. The van der Waals surface area contributed by atoms with Crippen LogP contribution in [0.25, 0.3) is 0 Å². The number of hydrogen-bond acceptors (Lipinski definition) is 4. The Morgan fingerprint density at radius 3 is 2.52 bits per heavy atom. The number of nitrogens with two attached hydrogens (primary N) is 1. The van der Waals surface area contributed by atoms with Crippen molar-refractivity contribution in [3.05, 3.63) is 48.0 Å². The van der Waals surface area contributed by atoms with Gasteiger partial charge in [-0.05, 0) is 55.0 Å². The van der Waals surface area contributed by atoms with Crippen LogP contribution in [-0.4, -0.2) is 19.6 Å². The lowest BCUT2D eigenvalue weighted by Gasteiger charge is -2.10. The fourth-order valence-electron chi connectivity index (χ4n) is 1.87. The molecule has 0 atom stereocenters. The fraction of sp³-hybridized carbons (Fsp3) is 0.188. The van der Waals surface area contributed by atoms with Gasteiger partial charge in [0.2, 0.25) is 0 Å².